The fourth-order valence-corrected chi connectivity index (χ4v) is 5.52. The highest BCUT2D eigenvalue weighted by Gasteiger charge is 2.25. The summed E-state index contributed by atoms with van der Waals surface area (Å²) in [5, 5.41) is 5.51. The average Bonchev–Trinajstić information content (AvgIpc) is 3.30. The van der Waals surface area contributed by atoms with Crippen LogP contribution in [0.5, 0.6) is 5.75 Å². The summed E-state index contributed by atoms with van der Waals surface area (Å²) in [6.45, 7) is 0.616. The Morgan fingerprint density at radius 2 is 1.59 bits per heavy atom. The van der Waals surface area contributed by atoms with Crippen molar-refractivity contribution in [1.82, 2.24) is 4.57 Å². The van der Waals surface area contributed by atoms with Gasteiger partial charge in [-0.2, -0.15) is 0 Å². The Balaban J connectivity index is 1.64. The van der Waals surface area contributed by atoms with Crippen molar-refractivity contribution < 1.29 is 14.3 Å². The van der Waals surface area contributed by atoms with Crippen LogP contribution in [0.1, 0.15) is 38.8 Å². The van der Waals surface area contributed by atoms with E-state index in [0.717, 1.165) is 33.3 Å². The molecule has 0 saturated carbocycles. The van der Waals surface area contributed by atoms with Crippen LogP contribution >= 0.6 is 11.6 Å². The summed E-state index contributed by atoms with van der Waals surface area (Å²) in [5.74, 6) is 0.0100. The number of carbonyl (C=O) groups excluding carboxylic acids is 1. The average molecular weight is 565 g/mol. The normalized spacial score (nSPS) is 10.9. The number of esters is 1. The number of nitrogens with zero attached hydrogens (tertiary/aromatic N) is 4. The van der Waals surface area contributed by atoms with Gasteiger partial charge in [-0.05, 0) is 59.0 Å². The molecule has 1 heterocycles. The topological polar surface area (TPSA) is 89.2 Å². The first-order chi connectivity index (χ1) is 20.1. The van der Waals surface area contributed by atoms with Crippen LogP contribution in [0.4, 0.5) is 0 Å². The Labute approximate surface area is 243 Å². The molecule has 0 bridgehead atoms. The Morgan fingerprint density at radius 1 is 0.927 bits per heavy atom. The summed E-state index contributed by atoms with van der Waals surface area (Å²) in [6.07, 6.45) is 1.07. The first kappa shape index (κ1) is 27.8. The van der Waals surface area contributed by atoms with Crippen molar-refractivity contribution >= 4 is 28.5 Å². The molecule has 0 fully saturated rings. The molecule has 0 spiro atoms. The first-order valence-electron chi connectivity index (χ1n) is 13.3. The highest BCUT2D eigenvalue weighted by molar-refractivity contribution is 6.31. The lowest BCUT2D eigenvalue weighted by Gasteiger charge is -2.25. The maximum Gasteiger partial charge on any atom is 0.341 e. The van der Waals surface area contributed by atoms with Gasteiger partial charge in [0.05, 0.1) is 19.8 Å². The van der Waals surface area contributed by atoms with Gasteiger partial charge in [-0.1, -0.05) is 89.5 Å². The summed E-state index contributed by atoms with van der Waals surface area (Å²) in [6, 6.07) is 33.5. The smallest absolute Gasteiger partial charge is 0.341 e. The third-order valence-corrected chi connectivity index (χ3v) is 7.32. The van der Waals surface area contributed by atoms with Gasteiger partial charge in [0, 0.05) is 39.5 Å². The van der Waals surface area contributed by atoms with E-state index >= 15 is 0 Å². The zero-order valence-electron chi connectivity index (χ0n) is 22.6. The molecule has 41 heavy (non-hydrogen) atoms. The molecule has 0 N–H and O–H groups in total. The minimum Gasteiger partial charge on any atom is -0.492 e. The van der Waals surface area contributed by atoms with Gasteiger partial charge in [0.1, 0.15) is 11.3 Å². The van der Waals surface area contributed by atoms with Crippen molar-refractivity contribution in [3.63, 3.8) is 0 Å². The van der Waals surface area contributed by atoms with E-state index in [2.05, 4.69) is 38.9 Å². The first-order valence-corrected chi connectivity index (χ1v) is 13.7. The van der Waals surface area contributed by atoms with Gasteiger partial charge in [0.15, 0.2) is 0 Å². The van der Waals surface area contributed by atoms with Gasteiger partial charge >= 0.3 is 5.97 Å². The molecule has 0 unspecified atom stereocenters. The minimum absolute atomic E-state index is 0.128. The van der Waals surface area contributed by atoms with E-state index in [-0.39, 0.29) is 6.04 Å². The van der Waals surface area contributed by atoms with Gasteiger partial charge in [-0.25, -0.2) is 4.79 Å². The van der Waals surface area contributed by atoms with Gasteiger partial charge in [0.2, 0.25) is 0 Å². The van der Waals surface area contributed by atoms with Gasteiger partial charge in [0.25, 0.3) is 0 Å². The molecular formula is C33H29ClN4O3. The van der Waals surface area contributed by atoms with Crippen LogP contribution in [0.15, 0.2) is 108 Å². The van der Waals surface area contributed by atoms with Crippen LogP contribution in [-0.4, -0.2) is 30.8 Å². The lowest BCUT2D eigenvalue weighted by Crippen LogP contribution is -2.17. The Bertz CT molecular complexity index is 1660. The Morgan fingerprint density at radius 3 is 2.24 bits per heavy atom. The van der Waals surface area contributed by atoms with E-state index in [0.29, 0.717) is 42.3 Å². The van der Waals surface area contributed by atoms with Crippen molar-refractivity contribution in [3.05, 3.63) is 147 Å². The Kier molecular flexibility index (Phi) is 8.89. The fourth-order valence-electron chi connectivity index (χ4n) is 5.35. The van der Waals surface area contributed by atoms with Crippen LogP contribution in [0.25, 0.3) is 21.3 Å². The van der Waals surface area contributed by atoms with E-state index in [4.69, 9.17) is 26.6 Å². The Hall–Kier alpha value is -4.71. The second-order valence-electron chi connectivity index (χ2n) is 9.47. The second kappa shape index (κ2) is 13.1. The molecule has 0 amide bonds. The number of aromatic nitrogens is 1. The highest BCUT2D eigenvalue weighted by atomic mass is 35.5. The maximum atomic E-state index is 12.3. The van der Waals surface area contributed by atoms with Crippen molar-refractivity contribution in [1.29, 1.82) is 0 Å². The molecule has 4 aromatic carbocycles. The minimum atomic E-state index is -0.451. The third-order valence-electron chi connectivity index (χ3n) is 7.09. The second-order valence-corrected chi connectivity index (χ2v) is 9.91. The molecular weight excluding hydrogens is 536 g/mol. The lowest BCUT2D eigenvalue weighted by molar-refractivity contribution is 0.0596. The van der Waals surface area contributed by atoms with E-state index in [9.17, 15) is 4.79 Å². The number of methoxy groups -OCH3 is 1. The summed E-state index contributed by atoms with van der Waals surface area (Å²) >= 11 is 6.54. The maximum absolute atomic E-state index is 12.3. The number of azide groups is 1. The van der Waals surface area contributed by atoms with Crippen LogP contribution < -0.4 is 4.74 Å². The molecule has 0 saturated heterocycles. The van der Waals surface area contributed by atoms with Crippen molar-refractivity contribution in [2.45, 2.75) is 18.9 Å². The van der Waals surface area contributed by atoms with Crippen molar-refractivity contribution in [3.8, 4) is 5.75 Å². The number of benzene rings is 4. The van der Waals surface area contributed by atoms with E-state index in [1.807, 2.05) is 60.7 Å². The van der Waals surface area contributed by atoms with Crippen molar-refractivity contribution in [2.75, 3.05) is 20.3 Å². The molecule has 0 atom stereocenters. The molecule has 0 aliphatic rings. The molecule has 0 radical (unpaired) electrons. The number of hydrogen-bond donors (Lipinski definition) is 0. The van der Waals surface area contributed by atoms with E-state index in [1.54, 1.807) is 18.2 Å². The quantitative estimate of drug-likeness (QED) is 0.0700. The SMILES string of the molecule is COC(=O)c1ccccc1OCCc1c(CCN=[N+]=[N-])n(C(c2ccccc2)c2ccccc2)c2ccc(Cl)cc12. The van der Waals surface area contributed by atoms with Gasteiger partial charge in [-0.15, -0.1) is 0 Å². The number of rotatable bonds is 11. The summed E-state index contributed by atoms with van der Waals surface area (Å²) in [5.41, 5.74) is 14.8. The molecule has 0 aliphatic heterocycles. The highest BCUT2D eigenvalue weighted by Crippen LogP contribution is 2.38. The fraction of sp³-hybridized carbons (Fsp3) is 0.182. The molecule has 206 valence electrons. The number of halogens is 1. The van der Waals surface area contributed by atoms with E-state index < -0.39 is 5.97 Å². The molecule has 5 aromatic rings. The summed E-state index contributed by atoms with van der Waals surface area (Å²) in [4.78, 5) is 15.3. The standard InChI is InChI=1S/C33H29ClN4O3/c1-40-33(39)27-14-8-9-15-31(27)41-21-19-26-28-22-25(34)16-17-29(28)38(30(26)18-20-36-37-35)32(23-10-4-2-5-11-23)24-12-6-3-7-13-24/h2-17,22,32H,18-21H2,1H3. The number of para-hydroxylation sites is 1. The largest absolute Gasteiger partial charge is 0.492 e. The van der Waals surface area contributed by atoms with Crippen LogP contribution in [0.2, 0.25) is 5.02 Å². The molecule has 5 rings (SSSR count). The molecule has 1 aromatic heterocycles. The number of fused-ring (bicyclic) bond motifs is 1. The van der Waals surface area contributed by atoms with Crippen LogP contribution in [0.3, 0.4) is 0 Å². The zero-order chi connectivity index (χ0) is 28.6. The van der Waals surface area contributed by atoms with Crippen LogP contribution in [-0.2, 0) is 17.6 Å². The number of ether oxygens (including phenoxy) is 2. The van der Waals surface area contributed by atoms with E-state index in [1.165, 1.54) is 7.11 Å². The number of carbonyl (C=O) groups is 1. The summed E-state index contributed by atoms with van der Waals surface area (Å²) < 4.78 is 13.4. The van der Waals surface area contributed by atoms with Gasteiger partial charge < -0.3 is 14.0 Å². The lowest BCUT2D eigenvalue weighted by atomic mass is 9.97. The molecule has 0 aliphatic carbocycles. The number of hydrogen-bond acceptors (Lipinski definition) is 4. The van der Waals surface area contributed by atoms with Crippen LogP contribution in [0, 0.1) is 0 Å². The third kappa shape index (κ3) is 6.07. The monoisotopic (exact) mass is 564 g/mol. The predicted molar refractivity (Wildman–Crippen MR) is 162 cm³/mol. The predicted octanol–water partition coefficient (Wildman–Crippen LogP) is 8.19. The molecule has 7 nitrogen and oxygen atoms in total. The zero-order valence-corrected chi connectivity index (χ0v) is 23.4. The molecule has 8 heteroatoms. The van der Waals surface area contributed by atoms with Crippen molar-refractivity contribution in [2.24, 2.45) is 5.11 Å². The van der Waals surface area contributed by atoms with Gasteiger partial charge in [-0.3, -0.25) is 0 Å². The summed E-state index contributed by atoms with van der Waals surface area (Å²) in [7, 11) is 1.35.